The number of carbonyl (C=O) groups is 2. The number of hydrogen-bond acceptors (Lipinski definition) is 4. The van der Waals surface area contributed by atoms with E-state index in [4.69, 9.17) is 5.11 Å². The number of nitrogens with one attached hydrogen (secondary N) is 1. The quantitative estimate of drug-likeness (QED) is 0.852. The van der Waals surface area contributed by atoms with Gasteiger partial charge in [-0.15, -0.1) is 11.3 Å². The van der Waals surface area contributed by atoms with Crippen molar-refractivity contribution >= 4 is 23.2 Å². The van der Waals surface area contributed by atoms with Gasteiger partial charge >= 0.3 is 5.97 Å². The van der Waals surface area contributed by atoms with Crippen molar-refractivity contribution in [3.8, 4) is 0 Å². The van der Waals surface area contributed by atoms with Gasteiger partial charge in [0.1, 0.15) is 6.04 Å². The van der Waals surface area contributed by atoms with Crippen LogP contribution in [-0.2, 0) is 15.0 Å². The Morgan fingerprint density at radius 1 is 1.56 bits per heavy atom. The number of amides is 1. The SMILES string of the molecule is CC(C)(C)c1nc(C2CC(=O)NC2C(=O)O)cs1. The fraction of sp³-hybridized carbons (Fsp3) is 0.583. The van der Waals surface area contributed by atoms with E-state index in [9.17, 15) is 9.59 Å². The maximum absolute atomic E-state index is 11.3. The molecule has 0 radical (unpaired) electrons. The molecule has 1 saturated heterocycles. The van der Waals surface area contributed by atoms with Gasteiger partial charge in [-0.25, -0.2) is 9.78 Å². The molecule has 1 aromatic heterocycles. The Morgan fingerprint density at radius 3 is 2.72 bits per heavy atom. The highest BCUT2D eigenvalue weighted by Gasteiger charge is 2.40. The van der Waals surface area contributed by atoms with Crippen molar-refractivity contribution in [1.82, 2.24) is 10.3 Å². The molecule has 98 valence electrons. The molecule has 1 fully saturated rings. The fourth-order valence-corrected chi connectivity index (χ4v) is 2.93. The van der Waals surface area contributed by atoms with Crippen LogP contribution in [0.15, 0.2) is 5.38 Å². The first-order valence-corrected chi connectivity index (χ1v) is 6.65. The molecule has 0 aliphatic carbocycles. The average Bonchev–Trinajstić information content (AvgIpc) is 2.81. The van der Waals surface area contributed by atoms with Crippen LogP contribution in [0.4, 0.5) is 0 Å². The summed E-state index contributed by atoms with van der Waals surface area (Å²) < 4.78 is 0. The van der Waals surface area contributed by atoms with Crippen LogP contribution in [-0.4, -0.2) is 28.0 Å². The van der Waals surface area contributed by atoms with Crippen LogP contribution in [0.25, 0.3) is 0 Å². The standard InChI is InChI=1S/C12H16N2O3S/c1-12(2,3)11-13-7(5-18-11)6-4-8(15)14-9(6)10(16)17/h5-6,9H,4H2,1-3H3,(H,14,15)(H,16,17). The molecule has 0 spiro atoms. The third-order valence-electron chi connectivity index (χ3n) is 2.93. The van der Waals surface area contributed by atoms with Gasteiger partial charge < -0.3 is 10.4 Å². The van der Waals surface area contributed by atoms with Crippen LogP contribution in [0.5, 0.6) is 0 Å². The van der Waals surface area contributed by atoms with Gasteiger partial charge in [0.15, 0.2) is 0 Å². The van der Waals surface area contributed by atoms with Crippen LogP contribution >= 0.6 is 11.3 Å². The molecule has 2 heterocycles. The molecular formula is C12H16N2O3S. The summed E-state index contributed by atoms with van der Waals surface area (Å²) >= 11 is 1.52. The number of thiazole rings is 1. The monoisotopic (exact) mass is 268 g/mol. The first-order chi connectivity index (χ1) is 8.29. The molecule has 6 heteroatoms. The van der Waals surface area contributed by atoms with Gasteiger partial charge in [0.05, 0.1) is 10.7 Å². The normalized spacial score (nSPS) is 24.1. The second kappa shape index (κ2) is 4.35. The van der Waals surface area contributed by atoms with Crippen LogP contribution < -0.4 is 5.32 Å². The molecule has 18 heavy (non-hydrogen) atoms. The van der Waals surface area contributed by atoms with Crippen LogP contribution in [0.2, 0.25) is 0 Å². The van der Waals surface area contributed by atoms with E-state index in [0.717, 1.165) is 5.01 Å². The van der Waals surface area contributed by atoms with Gasteiger partial charge in [0.2, 0.25) is 5.91 Å². The summed E-state index contributed by atoms with van der Waals surface area (Å²) in [6, 6.07) is -0.854. The Labute approximate surface area is 109 Å². The highest BCUT2D eigenvalue weighted by Crippen LogP contribution is 2.33. The highest BCUT2D eigenvalue weighted by molar-refractivity contribution is 7.09. The number of nitrogens with zero attached hydrogens (tertiary/aromatic N) is 1. The van der Waals surface area contributed by atoms with Crippen LogP contribution in [0, 0.1) is 0 Å². The second-order valence-electron chi connectivity index (χ2n) is 5.52. The Balaban J connectivity index is 2.28. The van der Waals surface area contributed by atoms with Gasteiger partial charge in [0.25, 0.3) is 0 Å². The van der Waals surface area contributed by atoms with E-state index >= 15 is 0 Å². The number of carbonyl (C=O) groups excluding carboxylic acids is 1. The summed E-state index contributed by atoms with van der Waals surface area (Å²) in [6.45, 7) is 6.17. The minimum Gasteiger partial charge on any atom is -0.480 e. The third-order valence-corrected chi connectivity index (χ3v) is 4.22. The van der Waals surface area contributed by atoms with E-state index in [1.165, 1.54) is 11.3 Å². The van der Waals surface area contributed by atoms with E-state index < -0.39 is 12.0 Å². The molecule has 1 aromatic rings. The summed E-state index contributed by atoms with van der Waals surface area (Å²) in [5.41, 5.74) is 0.646. The molecule has 2 unspecified atom stereocenters. The van der Waals surface area contributed by atoms with Crippen molar-refractivity contribution in [2.75, 3.05) is 0 Å². The van der Waals surface area contributed by atoms with Crippen molar-refractivity contribution in [2.45, 2.75) is 44.6 Å². The number of aliphatic carboxylic acids is 1. The highest BCUT2D eigenvalue weighted by atomic mass is 32.1. The summed E-state index contributed by atoms with van der Waals surface area (Å²) in [6.07, 6.45) is 0.199. The second-order valence-corrected chi connectivity index (χ2v) is 6.38. The lowest BCUT2D eigenvalue weighted by atomic mass is 9.96. The zero-order valence-corrected chi connectivity index (χ0v) is 11.4. The topological polar surface area (TPSA) is 79.3 Å². The summed E-state index contributed by atoms with van der Waals surface area (Å²) in [7, 11) is 0. The number of hydrogen-bond donors (Lipinski definition) is 2. The minimum absolute atomic E-state index is 0.0579. The number of aromatic nitrogens is 1. The molecule has 1 aliphatic heterocycles. The fourth-order valence-electron chi connectivity index (χ4n) is 1.96. The van der Waals surface area contributed by atoms with Crippen molar-refractivity contribution in [2.24, 2.45) is 0 Å². The molecule has 0 aromatic carbocycles. The lowest BCUT2D eigenvalue weighted by Gasteiger charge is -2.15. The molecule has 1 aliphatic rings. The van der Waals surface area contributed by atoms with E-state index in [1.807, 2.05) is 5.38 Å². The van der Waals surface area contributed by atoms with Crippen molar-refractivity contribution in [3.05, 3.63) is 16.1 Å². The molecule has 2 atom stereocenters. The number of carboxylic acid groups (broad SMARTS) is 1. The van der Waals surface area contributed by atoms with Gasteiger partial charge in [-0.1, -0.05) is 20.8 Å². The van der Waals surface area contributed by atoms with Gasteiger partial charge in [-0.05, 0) is 0 Å². The Morgan fingerprint density at radius 2 is 2.22 bits per heavy atom. The molecule has 5 nitrogen and oxygen atoms in total. The van der Waals surface area contributed by atoms with Crippen LogP contribution in [0.3, 0.4) is 0 Å². The van der Waals surface area contributed by atoms with Gasteiger partial charge in [0, 0.05) is 23.1 Å². The lowest BCUT2D eigenvalue weighted by molar-refractivity contribution is -0.140. The minimum atomic E-state index is -1.00. The summed E-state index contributed by atoms with van der Waals surface area (Å²) in [5.74, 6) is -1.59. The largest absolute Gasteiger partial charge is 0.480 e. The third kappa shape index (κ3) is 2.38. The average molecular weight is 268 g/mol. The van der Waals surface area contributed by atoms with E-state index in [1.54, 1.807) is 0 Å². The molecular weight excluding hydrogens is 252 g/mol. The zero-order valence-electron chi connectivity index (χ0n) is 10.6. The number of rotatable bonds is 2. The van der Waals surface area contributed by atoms with E-state index in [0.29, 0.717) is 5.69 Å². The summed E-state index contributed by atoms with van der Waals surface area (Å²) in [4.78, 5) is 26.9. The van der Waals surface area contributed by atoms with Gasteiger partial charge in [-0.3, -0.25) is 4.79 Å². The lowest BCUT2D eigenvalue weighted by Crippen LogP contribution is -2.36. The van der Waals surface area contributed by atoms with Gasteiger partial charge in [-0.2, -0.15) is 0 Å². The van der Waals surface area contributed by atoms with Crippen molar-refractivity contribution < 1.29 is 14.7 Å². The maximum Gasteiger partial charge on any atom is 0.326 e. The molecule has 0 bridgehead atoms. The predicted molar refractivity (Wildman–Crippen MR) is 67.7 cm³/mol. The Bertz CT molecular complexity index is 490. The zero-order chi connectivity index (χ0) is 13.5. The Hall–Kier alpha value is -1.43. The van der Waals surface area contributed by atoms with Crippen molar-refractivity contribution in [1.29, 1.82) is 0 Å². The molecule has 0 saturated carbocycles. The Kier molecular flexibility index (Phi) is 3.14. The van der Waals surface area contributed by atoms with E-state index in [2.05, 4.69) is 31.1 Å². The molecule has 2 N–H and O–H groups in total. The first-order valence-electron chi connectivity index (χ1n) is 5.77. The smallest absolute Gasteiger partial charge is 0.326 e. The maximum atomic E-state index is 11.3. The molecule has 2 rings (SSSR count). The van der Waals surface area contributed by atoms with E-state index in [-0.39, 0.29) is 23.7 Å². The molecule has 1 amide bonds. The van der Waals surface area contributed by atoms with Crippen molar-refractivity contribution in [3.63, 3.8) is 0 Å². The first kappa shape index (κ1) is 13.0. The predicted octanol–water partition coefficient (Wildman–Crippen LogP) is 1.50. The summed E-state index contributed by atoms with van der Waals surface area (Å²) in [5, 5.41) is 14.4. The number of carboxylic acids is 1. The van der Waals surface area contributed by atoms with Crippen LogP contribution in [0.1, 0.15) is 43.8 Å².